The van der Waals surface area contributed by atoms with Crippen molar-refractivity contribution < 1.29 is 24.4 Å². The average Bonchev–Trinajstić information content (AvgIpc) is 2.99. The van der Waals surface area contributed by atoms with E-state index in [1.165, 1.54) is 0 Å². The minimum absolute atomic E-state index is 0.153. The summed E-state index contributed by atoms with van der Waals surface area (Å²) < 4.78 is 16.4. The highest BCUT2D eigenvalue weighted by molar-refractivity contribution is 5.41. The predicted molar refractivity (Wildman–Crippen MR) is 149 cm³/mol. The third kappa shape index (κ3) is 6.92. The molecule has 4 rings (SSSR count). The maximum Gasteiger partial charge on any atom is 0.119 e. The summed E-state index contributed by atoms with van der Waals surface area (Å²) in [6.45, 7) is 0.438. The van der Waals surface area contributed by atoms with Gasteiger partial charge in [0.25, 0.3) is 0 Å². The molecule has 0 saturated carbocycles. The number of benzene rings is 4. The van der Waals surface area contributed by atoms with E-state index < -0.39 is 11.7 Å². The molecule has 0 aliphatic carbocycles. The highest BCUT2D eigenvalue weighted by Crippen LogP contribution is 2.39. The van der Waals surface area contributed by atoms with E-state index in [9.17, 15) is 10.2 Å². The van der Waals surface area contributed by atoms with Crippen LogP contribution < -0.4 is 19.5 Å². The molecule has 0 radical (unpaired) electrons. The van der Waals surface area contributed by atoms with E-state index >= 15 is 0 Å². The molecule has 6 heteroatoms. The number of nitrogens with one attached hydrogen (secondary N) is 1. The lowest BCUT2D eigenvalue weighted by atomic mass is 9.79. The lowest BCUT2D eigenvalue weighted by Gasteiger charge is -2.34. The van der Waals surface area contributed by atoms with E-state index in [2.05, 4.69) is 5.32 Å². The van der Waals surface area contributed by atoms with Crippen LogP contribution in [0.3, 0.4) is 0 Å². The van der Waals surface area contributed by atoms with Crippen LogP contribution in [-0.2, 0) is 5.60 Å². The number of ether oxygens (including phenoxy) is 3. The Hall–Kier alpha value is -3.84. The fourth-order valence-corrected chi connectivity index (χ4v) is 4.47. The summed E-state index contributed by atoms with van der Waals surface area (Å²) >= 11 is 0. The molecular formula is C32H35NO5. The quantitative estimate of drug-likeness (QED) is 0.231. The average molecular weight is 514 g/mol. The Labute approximate surface area is 224 Å². The van der Waals surface area contributed by atoms with E-state index in [0.717, 1.165) is 16.7 Å². The Morgan fingerprint density at radius 1 is 0.684 bits per heavy atom. The van der Waals surface area contributed by atoms with Gasteiger partial charge in [0.05, 0.1) is 14.2 Å². The molecule has 4 aromatic carbocycles. The molecule has 4 aromatic rings. The normalized spacial score (nSPS) is 12.9. The maximum atomic E-state index is 12.3. The van der Waals surface area contributed by atoms with Gasteiger partial charge < -0.3 is 29.7 Å². The first-order valence-corrected chi connectivity index (χ1v) is 12.7. The van der Waals surface area contributed by atoms with Crippen molar-refractivity contribution in [2.75, 3.05) is 27.4 Å². The molecular weight excluding hydrogens is 478 g/mol. The highest BCUT2D eigenvalue weighted by atomic mass is 16.5. The number of aliphatic hydroxyl groups is 2. The van der Waals surface area contributed by atoms with Gasteiger partial charge in [-0.2, -0.15) is 0 Å². The molecule has 1 unspecified atom stereocenters. The summed E-state index contributed by atoms with van der Waals surface area (Å²) in [5.41, 5.74) is 1.14. The van der Waals surface area contributed by atoms with Crippen molar-refractivity contribution in [1.29, 1.82) is 0 Å². The molecule has 0 aromatic heterocycles. The van der Waals surface area contributed by atoms with Crippen molar-refractivity contribution in [3.63, 3.8) is 0 Å². The van der Waals surface area contributed by atoms with Crippen molar-refractivity contribution >= 4 is 0 Å². The molecule has 0 bridgehead atoms. The summed E-state index contributed by atoms with van der Waals surface area (Å²) in [6, 6.07) is 34.0. The van der Waals surface area contributed by atoms with Crippen LogP contribution in [0.2, 0.25) is 0 Å². The van der Waals surface area contributed by atoms with Gasteiger partial charge in [-0.3, -0.25) is 0 Å². The van der Waals surface area contributed by atoms with Gasteiger partial charge in [-0.05, 0) is 53.1 Å². The fraction of sp³-hybridized carbons (Fsp3) is 0.250. The zero-order valence-electron chi connectivity index (χ0n) is 21.8. The number of rotatable bonds is 13. The van der Waals surface area contributed by atoms with Crippen LogP contribution in [-0.4, -0.2) is 43.7 Å². The largest absolute Gasteiger partial charge is 0.497 e. The van der Waals surface area contributed by atoms with Crippen LogP contribution >= 0.6 is 0 Å². The van der Waals surface area contributed by atoms with Crippen LogP contribution in [0.5, 0.6) is 17.2 Å². The summed E-state index contributed by atoms with van der Waals surface area (Å²) in [5, 5.41) is 26.5. The Morgan fingerprint density at radius 2 is 1.18 bits per heavy atom. The Morgan fingerprint density at radius 3 is 1.68 bits per heavy atom. The van der Waals surface area contributed by atoms with Crippen LogP contribution in [0.25, 0.3) is 0 Å². The molecule has 0 amide bonds. The zero-order valence-corrected chi connectivity index (χ0v) is 21.8. The first-order valence-electron chi connectivity index (χ1n) is 12.7. The SMILES string of the molecule is COc1ccc(C(O)(CC(NC[C@H](O)COc2ccccc2)c2ccccc2)c2ccc(OC)cc2)cc1. The highest BCUT2D eigenvalue weighted by Gasteiger charge is 2.35. The molecule has 198 valence electrons. The molecule has 2 atom stereocenters. The zero-order chi connectivity index (χ0) is 26.8. The van der Waals surface area contributed by atoms with Gasteiger partial charge in [-0.25, -0.2) is 0 Å². The van der Waals surface area contributed by atoms with Gasteiger partial charge in [-0.1, -0.05) is 72.8 Å². The minimum Gasteiger partial charge on any atom is -0.497 e. The van der Waals surface area contributed by atoms with Crippen LogP contribution in [0.1, 0.15) is 29.2 Å². The van der Waals surface area contributed by atoms with Gasteiger partial charge in [0.15, 0.2) is 0 Å². The molecule has 0 aliphatic rings. The molecule has 3 N–H and O–H groups in total. The molecule has 38 heavy (non-hydrogen) atoms. The number of para-hydroxylation sites is 1. The topological polar surface area (TPSA) is 80.2 Å². The van der Waals surface area contributed by atoms with E-state index in [4.69, 9.17) is 14.2 Å². The molecule has 6 nitrogen and oxygen atoms in total. The lowest BCUT2D eigenvalue weighted by Crippen LogP contribution is -2.38. The van der Waals surface area contributed by atoms with Gasteiger partial charge in [0, 0.05) is 19.0 Å². The Balaban J connectivity index is 1.59. The molecule has 0 saturated heterocycles. The van der Waals surface area contributed by atoms with Gasteiger partial charge >= 0.3 is 0 Å². The first-order chi connectivity index (χ1) is 18.5. The number of aliphatic hydroxyl groups excluding tert-OH is 1. The Bertz CT molecular complexity index is 1180. The van der Waals surface area contributed by atoms with Gasteiger partial charge in [0.1, 0.15) is 35.6 Å². The van der Waals surface area contributed by atoms with E-state index in [1.807, 2.05) is 109 Å². The molecule has 0 heterocycles. The third-order valence-corrected chi connectivity index (χ3v) is 6.62. The smallest absolute Gasteiger partial charge is 0.119 e. The predicted octanol–water partition coefficient (Wildman–Crippen LogP) is 5.10. The Kier molecular flexibility index (Phi) is 9.38. The van der Waals surface area contributed by atoms with Crippen molar-refractivity contribution in [3.05, 3.63) is 126 Å². The van der Waals surface area contributed by atoms with Gasteiger partial charge in [-0.15, -0.1) is 0 Å². The molecule has 0 fully saturated rings. The van der Waals surface area contributed by atoms with Crippen LogP contribution in [0, 0.1) is 0 Å². The summed E-state index contributed by atoms with van der Waals surface area (Å²) in [4.78, 5) is 0. The lowest BCUT2D eigenvalue weighted by molar-refractivity contribution is 0.0530. The summed E-state index contributed by atoms with van der Waals surface area (Å²) in [7, 11) is 3.24. The van der Waals surface area contributed by atoms with E-state index in [0.29, 0.717) is 23.7 Å². The number of hydrogen-bond acceptors (Lipinski definition) is 6. The summed E-state index contributed by atoms with van der Waals surface area (Å²) in [5.74, 6) is 2.13. The minimum atomic E-state index is -1.34. The number of methoxy groups -OCH3 is 2. The standard InChI is InChI=1S/C32H35NO5/c1-36-28-17-13-25(14-18-28)32(35,26-15-19-29(37-2)20-16-26)21-31(24-9-5-3-6-10-24)33-22-27(34)23-38-30-11-7-4-8-12-30/h3-20,27,31,33-35H,21-23H2,1-2H3/t27-,31?/m0/s1. The molecule has 0 spiro atoms. The van der Waals surface area contributed by atoms with Crippen molar-refractivity contribution in [1.82, 2.24) is 5.32 Å². The second-order valence-corrected chi connectivity index (χ2v) is 9.17. The first kappa shape index (κ1) is 27.2. The number of hydrogen-bond donors (Lipinski definition) is 3. The van der Waals surface area contributed by atoms with E-state index in [1.54, 1.807) is 14.2 Å². The maximum absolute atomic E-state index is 12.3. The van der Waals surface area contributed by atoms with Crippen molar-refractivity contribution in [2.45, 2.75) is 24.2 Å². The van der Waals surface area contributed by atoms with E-state index in [-0.39, 0.29) is 19.2 Å². The van der Waals surface area contributed by atoms with Crippen molar-refractivity contribution in [2.24, 2.45) is 0 Å². The summed E-state index contributed by atoms with van der Waals surface area (Å²) in [6.07, 6.45) is -0.418. The van der Waals surface area contributed by atoms with Crippen LogP contribution in [0.15, 0.2) is 109 Å². The van der Waals surface area contributed by atoms with Crippen molar-refractivity contribution in [3.8, 4) is 17.2 Å². The fourth-order valence-electron chi connectivity index (χ4n) is 4.47. The monoisotopic (exact) mass is 513 g/mol. The second-order valence-electron chi connectivity index (χ2n) is 9.17. The second kappa shape index (κ2) is 13.1. The molecule has 0 aliphatic heterocycles. The third-order valence-electron chi connectivity index (χ3n) is 6.62. The van der Waals surface area contributed by atoms with Crippen LogP contribution in [0.4, 0.5) is 0 Å². The van der Waals surface area contributed by atoms with Gasteiger partial charge in [0.2, 0.25) is 0 Å².